The molecule has 2 aliphatic carbocycles. The molecule has 0 N–H and O–H groups in total. The summed E-state index contributed by atoms with van der Waals surface area (Å²) < 4.78 is 5.20. The molecule has 0 spiro atoms. The van der Waals surface area contributed by atoms with Gasteiger partial charge in [-0.3, -0.25) is 14.4 Å². The Bertz CT molecular complexity index is 747. The fourth-order valence-corrected chi connectivity index (χ4v) is 2.36. The van der Waals surface area contributed by atoms with Gasteiger partial charge in [0, 0.05) is 23.6 Å². The van der Waals surface area contributed by atoms with E-state index in [9.17, 15) is 14.4 Å². The smallest absolute Gasteiger partial charge is 0.308 e. The predicted molar refractivity (Wildman–Crippen MR) is 71.7 cm³/mol. The highest BCUT2D eigenvalue weighted by Gasteiger charge is 2.34. The first kappa shape index (κ1) is 12.3. The normalized spacial score (nSPS) is 16.6. The minimum Gasteiger partial charge on any atom is -0.425 e. The van der Waals surface area contributed by atoms with Crippen molar-refractivity contribution in [3.8, 4) is 0 Å². The molecular formula is C16H10O4. The SMILES string of the molecule is CC(=O)OC1=C2C(=O)C=CC=C2C(=O)c2ccccc21. The van der Waals surface area contributed by atoms with E-state index in [0.717, 1.165) is 0 Å². The second-order valence-electron chi connectivity index (χ2n) is 4.48. The maximum Gasteiger partial charge on any atom is 0.308 e. The molecule has 3 rings (SSSR count). The molecule has 0 saturated carbocycles. The number of carbonyl (C=O) groups excluding carboxylic acids is 3. The molecule has 0 unspecified atom stereocenters. The summed E-state index contributed by atoms with van der Waals surface area (Å²) in [6.45, 7) is 1.26. The first-order valence-corrected chi connectivity index (χ1v) is 6.09. The fraction of sp³-hybridized carbons (Fsp3) is 0.0625. The lowest BCUT2D eigenvalue weighted by molar-refractivity contribution is -0.134. The maximum atomic E-state index is 12.4. The quantitative estimate of drug-likeness (QED) is 0.731. The molecule has 0 radical (unpaired) electrons. The summed E-state index contributed by atoms with van der Waals surface area (Å²) in [6.07, 6.45) is 4.44. The number of rotatable bonds is 1. The van der Waals surface area contributed by atoms with Crippen molar-refractivity contribution in [2.45, 2.75) is 6.92 Å². The standard InChI is InChI=1S/C16H10O4/c1-9(17)20-16-11-6-3-2-5-10(11)15(19)12-7-4-8-13(18)14(12)16/h2-8H,1H3. The Labute approximate surface area is 115 Å². The van der Waals surface area contributed by atoms with Gasteiger partial charge >= 0.3 is 5.97 Å². The minimum atomic E-state index is -0.529. The summed E-state index contributed by atoms with van der Waals surface area (Å²) in [5, 5.41) is 0. The number of hydrogen-bond acceptors (Lipinski definition) is 4. The van der Waals surface area contributed by atoms with E-state index in [1.165, 1.54) is 19.1 Å². The third kappa shape index (κ3) is 1.73. The summed E-state index contributed by atoms with van der Waals surface area (Å²) in [6, 6.07) is 6.78. The molecule has 2 aliphatic rings. The van der Waals surface area contributed by atoms with Crippen molar-refractivity contribution in [2.24, 2.45) is 0 Å². The molecule has 4 nitrogen and oxygen atoms in total. The third-order valence-electron chi connectivity index (χ3n) is 3.16. The van der Waals surface area contributed by atoms with Crippen molar-refractivity contribution in [3.05, 3.63) is 64.8 Å². The molecule has 0 aromatic heterocycles. The lowest BCUT2D eigenvalue weighted by atomic mass is 9.81. The molecule has 0 heterocycles. The topological polar surface area (TPSA) is 60.4 Å². The second-order valence-corrected chi connectivity index (χ2v) is 4.48. The van der Waals surface area contributed by atoms with Crippen LogP contribution < -0.4 is 0 Å². The van der Waals surface area contributed by atoms with E-state index < -0.39 is 5.97 Å². The van der Waals surface area contributed by atoms with Crippen molar-refractivity contribution in [1.29, 1.82) is 0 Å². The first-order valence-electron chi connectivity index (χ1n) is 6.09. The van der Waals surface area contributed by atoms with Gasteiger partial charge in [-0.05, 0) is 6.08 Å². The number of ketones is 2. The molecule has 1 aromatic carbocycles. The van der Waals surface area contributed by atoms with Gasteiger partial charge in [-0.25, -0.2) is 0 Å². The van der Waals surface area contributed by atoms with Gasteiger partial charge in [0.1, 0.15) is 0 Å². The van der Waals surface area contributed by atoms with Crippen molar-refractivity contribution < 1.29 is 19.1 Å². The third-order valence-corrected chi connectivity index (χ3v) is 3.16. The van der Waals surface area contributed by atoms with E-state index in [-0.39, 0.29) is 28.5 Å². The molecule has 0 bridgehead atoms. The molecule has 4 heteroatoms. The molecule has 0 amide bonds. The molecule has 0 aliphatic heterocycles. The average molecular weight is 266 g/mol. The Morgan fingerprint density at radius 2 is 1.80 bits per heavy atom. The lowest BCUT2D eigenvalue weighted by Gasteiger charge is -2.23. The Hall–Kier alpha value is -2.75. The molecule has 98 valence electrons. The summed E-state index contributed by atoms with van der Waals surface area (Å²) in [5.41, 5.74) is 1.34. The van der Waals surface area contributed by atoms with Crippen molar-refractivity contribution in [3.63, 3.8) is 0 Å². The molecule has 1 aromatic rings. The molecule has 0 fully saturated rings. The van der Waals surface area contributed by atoms with Crippen LogP contribution in [0.15, 0.2) is 53.6 Å². The van der Waals surface area contributed by atoms with Crippen LogP contribution in [0.3, 0.4) is 0 Å². The Morgan fingerprint density at radius 1 is 1.10 bits per heavy atom. The van der Waals surface area contributed by atoms with Crippen LogP contribution in [0.4, 0.5) is 0 Å². The Balaban J connectivity index is 2.33. The number of fused-ring (bicyclic) bond motifs is 2. The Kier molecular flexibility index (Phi) is 2.71. The molecule has 0 saturated heterocycles. The van der Waals surface area contributed by atoms with E-state index in [1.807, 2.05) is 0 Å². The van der Waals surface area contributed by atoms with Gasteiger partial charge in [0.2, 0.25) is 0 Å². The number of ether oxygens (including phenoxy) is 1. The monoisotopic (exact) mass is 266 g/mol. The summed E-state index contributed by atoms with van der Waals surface area (Å²) >= 11 is 0. The zero-order chi connectivity index (χ0) is 14.3. The fourth-order valence-electron chi connectivity index (χ4n) is 2.36. The minimum absolute atomic E-state index is 0.159. The first-order chi connectivity index (χ1) is 9.59. The maximum absolute atomic E-state index is 12.4. The van der Waals surface area contributed by atoms with E-state index in [4.69, 9.17) is 4.74 Å². The van der Waals surface area contributed by atoms with Crippen molar-refractivity contribution in [2.75, 3.05) is 0 Å². The van der Waals surface area contributed by atoms with E-state index in [0.29, 0.717) is 11.1 Å². The summed E-state index contributed by atoms with van der Waals surface area (Å²) in [4.78, 5) is 35.7. The van der Waals surface area contributed by atoms with Crippen LogP contribution in [0, 0.1) is 0 Å². The van der Waals surface area contributed by atoms with Gasteiger partial charge in [0.05, 0.1) is 5.57 Å². The van der Waals surface area contributed by atoms with Gasteiger partial charge in [-0.1, -0.05) is 36.4 Å². The largest absolute Gasteiger partial charge is 0.425 e. The van der Waals surface area contributed by atoms with Crippen LogP contribution in [-0.2, 0) is 14.3 Å². The molecule has 20 heavy (non-hydrogen) atoms. The van der Waals surface area contributed by atoms with Gasteiger partial charge in [0.15, 0.2) is 17.3 Å². The number of benzene rings is 1. The van der Waals surface area contributed by atoms with Gasteiger partial charge in [-0.2, -0.15) is 0 Å². The molecule has 0 atom stereocenters. The zero-order valence-corrected chi connectivity index (χ0v) is 10.7. The van der Waals surface area contributed by atoms with Crippen LogP contribution in [0.2, 0.25) is 0 Å². The number of hydrogen-bond donors (Lipinski definition) is 0. The highest BCUT2D eigenvalue weighted by molar-refractivity contribution is 6.29. The second kappa shape index (κ2) is 4.42. The van der Waals surface area contributed by atoms with E-state index in [1.54, 1.807) is 30.3 Å². The van der Waals surface area contributed by atoms with E-state index in [2.05, 4.69) is 0 Å². The van der Waals surface area contributed by atoms with Crippen LogP contribution >= 0.6 is 0 Å². The highest BCUT2D eigenvalue weighted by atomic mass is 16.5. The van der Waals surface area contributed by atoms with Crippen LogP contribution in [0.25, 0.3) is 5.76 Å². The number of carbonyl (C=O) groups is 3. The highest BCUT2D eigenvalue weighted by Crippen LogP contribution is 2.37. The van der Waals surface area contributed by atoms with Gasteiger partial charge in [0.25, 0.3) is 0 Å². The molecular weight excluding hydrogens is 256 g/mol. The van der Waals surface area contributed by atoms with Crippen molar-refractivity contribution in [1.82, 2.24) is 0 Å². The average Bonchev–Trinajstić information content (AvgIpc) is 2.43. The van der Waals surface area contributed by atoms with Crippen LogP contribution in [0.1, 0.15) is 22.8 Å². The number of Topliss-reactive ketones (excluding diaryl/α,β-unsaturated/α-hetero) is 1. The summed E-state index contributed by atoms with van der Waals surface area (Å²) in [5.74, 6) is -0.933. The van der Waals surface area contributed by atoms with Gasteiger partial charge < -0.3 is 4.74 Å². The van der Waals surface area contributed by atoms with Gasteiger partial charge in [-0.15, -0.1) is 0 Å². The number of allylic oxidation sites excluding steroid dienone is 5. The van der Waals surface area contributed by atoms with Crippen LogP contribution in [-0.4, -0.2) is 17.5 Å². The van der Waals surface area contributed by atoms with E-state index >= 15 is 0 Å². The predicted octanol–water partition coefficient (Wildman–Crippen LogP) is 2.22. The van der Waals surface area contributed by atoms with Crippen molar-refractivity contribution >= 4 is 23.3 Å². The van der Waals surface area contributed by atoms with Crippen LogP contribution in [0.5, 0.6) is 0 Å². The zero-order valence-electron chi connectivity index (χ0n) is 10.7. The number of esters is 1. The Morgan fingerprint density at radius 3 is 2.50 bits per heavy atom. The lowest BCUT2D eigenvalue weighted by Crippen LogP contribution is -2.23. The summed E-state index contributed by atoms with van der Waals surface area (Å²) in [7, 11) is 0.